The number of carbonyl (C=O) groups is 6. The second kappa shape index (κ2) is 14.9. The van der Waals surface area contributed by atoms with Gasteiger partial charge < -0.3 is 45.3 Å². The van der Waals surface area contributed by atoms with E-state index in [2.05, 4.69) is 10.6 Å². The number of aliphatic hydroxyl groups is 3. The molecule has 0 saturated carbocycles. The Hall–Kier alpha value is -4.64. The molecule has 0 radical (unpaired) electrons. The van der Waals surface area contributed by atoms with Gasteiger partial charge in [-0.05, 0) is 44.5 Å². The van der Waals surface area contributed by atoms with E-state index in [1.165, 1.54) is 18.2 Å². The highest BCUT2D eigenvalue weighted by Crippen LogP contribution is 2.31. The van der Waals surface area contributed by atoms with Gasteiger partial charge >= 0.3 is 11.9 Å². The summed E-state index contributed by atoms with van der Waals surface area (Å²) in [6.07, 6.45) is -4.47. The normalized spacial score (nSPS) is 23.2. The van der Waals surface area contributed by atoms with Crippen molar-refractivity contribution in [2.24, 2.45) is 5.41 Å². The summed E-state index contributed by atoms with van der Waals surface area (Å²) >= 11 is 0. The molecule has 0 aliphatic carbocycles. The summed E-state index contributed by atoms with van der Waals surface area (Å²) < 4.78 is 16.0. The topological polar surface area (TPSA) is 238 Å². The number of hydrogen-bond donors (Lipinski definition) is 6. The number of imide groups is 1. The van der Waals surface area contributed by atoms with Gasteiger partial charge in [0.2, 0.25) is 18.1 Å². The summed E-state index contributed by atoms with van der Waals surface area (Å²) in [4.78, 5) is 72.3. The van der Waals surface area contributed by atoms with Crippen LogP contribution in [0.4, 0.5) is 5.69 Å². The van der Waals surface area contributed by atoms with Crippen LogP contribution < -0.4 is 15.4 Å². The van der Waals surface area contributed by atoms with Gasteiger partial charge in [0.15, 0.2) is 6.10 Å². The molecule has 2 heterocycles. The molecule has 16 heteroatoms. The highest BCUT2D eigenvalue weighted by atomic mass is 16.7. The maximum absolute atomic E-state index is 12.8. The van der Waals surface area contributed by atoms with E-state index >= 15 is 0 Å². The number of nitrogens with one attached hydrogen (secondary N) is 2. The van der Waals surface area contributed by atoms with E-state index in [0.717, 1.165) is 17.1 Å². The van der Waals surface area contributed by atoms with Crippen LogP contribution in [-0.2, 0) is 38.2 Å². The van der Waals surface area contributed by atoms with Gasteiger partial charge in [-0.15, -0.1) is 0 Å². The third-order valence-corrected chi connectivity index (χ3v) is 6.44. The van der Waals surface area contributed by atoms with Gasteiger partial charge in [0.05, 0.1) is 11.1 Å². The molecule has 0 spiro atoms. The van der Waals surface area contributed by atoms with Gasteiger partial charge in [0.1, 0.15) is 37.2 Å². The number of carboxylic acids is 1. The van der Waals surface area contributed by atoms with Crippen molar-refractivity contribution < 1.29 is 63.4 Å². The van der Waals surface area contributed by atoms with Crippen molar-refractivity contribution >= 4 is 47.3 Å². The first-order chi connectivity index (χ1) is 21.1. The monoisotopic (exact) mass is 633 g/mol. The van der Waals surface area contributed by atoms with E-state index in [0.29, 0.717) is 5.56 Å². The zero-order chi connectivity index (χ0) is 33.5. The molecule has 6 N–H and O–H groups in total. The van der Waals surface area contributed by atoms with Crippen LogP contribution in [-0.4, -0.2) is 111 Å². The molecule has 1 aromatic rings. The number of aliphatic hydroxyl groups excluding tert-OH is 3. The Morgan fingerprint density at radius 2 is 1.67 bits per heavy atom. The number of benzene rings is 1. The number of carboxylic acid groups (broad SMARTS) is 1. The van der Waals surface area contributed by atoms with Gasteiger partial charge in [-0.3, -0.25) is 28.9 Å². The zero-order valence-corrected chi connectivity index (χ0v) is 24.7. The largest absolute Gasteiger partial charge is 0.479 e. The van der Waals surface area contributed by atoms with E-state index in [9.17, 15) is 49.2 Å². The van der Waals surface area contributed by atoms with Crippen molar-refractivity contribution in [1.82, 2.24) is 10.2 Å². The number of aliphatic carboxylic acids is 1. The Labute approximate surface area is 257 Å². The van der Waals surface area contributed by atoms with Crippen molar-refractivity contribution in [3.05, 3.63) is 42.0 Å². The number of ether oxygens (including phenoxy) is 3. The minimum atomic E-state index is -1.94. The molecule has 5 atom stereocenters. The lowest BCUT2D eigenvalue weighted by Crippen LogP contribution is -2.61. The van der Waals surface area contributed by atoms with Crippen molar-refractivity contribution in [3.63, 3.8) is 0 Å². The van der Waals surface area contributed by atoms with Crippen LogP contribution >= 0.6 is 0 Å². The van der Waals surface area contributed by atoms with E-state index in [1.807, 2.05) is 0 Å². The summed E-state index contributed by atoms with van der Waals surface area (Å²) in [5, 5.41) is 44.7. The lowest BCUT2D eigenvalue weighted by atomic mass is 9.97. The van der Waals surface area contributed by atoms with Gasteiger partial charge in [-0.1, -0.05) is 12.1 Å². The van der Waals surface area contributed by atoms with Crippen LogP contribution in [0, 0.1) is 5.41 Å². The van der Waals surface area contributed by atoms with Crippen LogP contribution in [0.25, 0.3) is 6.08 Å². The molecule has 1 aromatic carbocycles. The average molecular weight is 634 g/mol. The quantitative estimate of drug-likeness (QED) is 0.119. The van der Waals surface area contributed by atoms with Crippen LogP contribution in [0.15, 0.2) is 36.4 Å². The second-order valence-corrected chi connectivity index (χ2v) is 11.1. The fraction of sp³-hybridized carbons (Fsp3) is 0.448. The molecule has 1 saturated heterocycles. The fourth-order valence-corrected chi connectivity index (χ4v) is 3.97. The van der Waals surface area contributed by atoms with E-state index in [1.54, 1.807) is 32.9 Å². The van der Waals surface area contributed by atoms with Crippen LogP contribution in [0.5, 0.6) is 5.75 Å². The smallest absolute Gasteiger partial charge is 0.335 e. The van der Waals surface area contributed by atoms with Gasteiger partial charge in [-0.2, -0.15) is 0 Å². The first kappa shape index (κ1) is 34.8. The Bertz CT molecular complexity index is 1370. The highest BCUT2D eigenvalue weighted by Gasteiger charge is 2.48. The first-order valence-electron chi connectivity index (χ1n) is 13.8. The molecule has 45 heavy (non-hydrogen) atoms. The number of anilines is 1. The Morgan fingerprint density at radius 3 is 2.29 bits per heavy atom. The molecule has 2 aliphatic heterocycles. The van der Waals surface area contributed by atoms with Crippen molar-refractivity contribution in [1.29, 1.82) is 0 Å². The molecule has 4 amide bonds. The summed E-state index contributed by atoms with van der Waals surface area (Å²) in [6, 6.07) is 4.33. The van der Waals surface area contributed by atoms with Gasteiger partial charge in [0.25, 0.3) is 11.8 Å². The maximum atomic E-state index is 12.8. The van der Waals surface area contributed by atoms with E-state index in [4.69, 9.17) is 14.2 Å². The van der Waals surface area contributed by atoms with Crippen LogP contribution in [0.2, 0.25) is 0 Å². The highest BCUT2D eigenvalue weighted by molar-refractivity contribution is 6.14. The Kier molecular flexibility index (Phi) is 11.5. The molecule has 0 aromatic heterocycles. The van der Waals surface area contributed by atoms with Gasteiger partial charge in [0, 0.05) is 25.1 Å². The molecule has 1 fully saturated rings. The van der Waals surface area contributed by atoms with Crippen LogP contribution in [0.3, 0.4) is 0 Å². The van der Waals surface area contributed by atoms with E-state index in [-0.39, 0.29) is 31.0 Å². The molecule has 3 rings (SSSR count). The lowest BCUT2D eigenvalue weighted by Gasteiger charge is -2.38. The third kappa shape index (κ3) is 9.42. The predicted octanol–water partition coefficient (Wildman–Crippen LogP) is -1.07. The van der Waals surface area contributed by atoms with Crippen molar-refractivity contribution in [2.45, 2.75) is 57.9 Å². The maximum Gasteiger partial charge on any atom is 0.335 e. The molecule has 2 aliphatic rings. The number of amides is 4. The number of rotatable bonds is 12. The molecule has 0 bridgehead atoms. The number of hydrogen-bond acceptors (Lipinski definition) is 12. The lowest BCUT2D eigenvalue weighted by molar-refractivity contribution is -0.271. The average Bonchev–Trinajstić information content (AvgIpc) is 3.27. The minimum Gasteiger partial charge on any atom is -0.479 e. The molecule has 244 valence electrons. The second-order valence-electron chi connectivity index (χ2n) is 11.1. The van der Waals surface area contributed by atoms with Crippen molar-refractivity contribution in [2.75, 3.05) is 25.0 Å². The predicted molar refractivity (Wildman–Crippen MR) is 153 cm³/mol. The van der Waals surface area contributed by atoms with Gasteiger partial charge in [-0.25, -0.2) is 4.79 Å². The summed E-state index contributed by atoms with van der Waals surface area (Å²) in [5.41, 5.74) is -0.183. The summed E-state index contributed by atoms with van der Waals surface area (Å²) in [6.45, 7) is 4.38. The van der Waals surface area contributed by atoms with Crippen molar-refractivity contribution in [3.8, 4) is 5.75 Å². The Morgan fingerprint density at radius 1 is 1.00 bits per heavy atom. The van der Waals surface area contributed by atoms with Crippen LogP contribution in [0.1, 0.15) is 32.8 Å². The zero-order valence-electron chi connectivity index (χ0n) is 24.7. The minimum absolute atomic E-state index is 0.0165. The molecule has 16 nitrogen and oxygen atoms in total. The molecular weight excluding hydrogens is 598 g/mol. The first-order valence-corrected chi connectivity index (χ1v) is 13.8. The standard InChI is InChI=1S/C29H35N3O13/c1-29(2,3)28(42)43-12-4-5-15-6-7-17(44-27-24(39)22(37)23(38)25(45-27)26(40)41)16(13-15)31-18(33)10-11-30-19(34)14-32-20(35)8-9-21(32)36/h4-9,13,22-25,27,37-39H,10-12,14H2,1-3H3,(H,30,34)(H,31,33)(H,40,41)/b5-4+/t22-,23-,24+,25-,27?/m0/s1. The third-order valence-electron chi connectivity index (χ3n) is 6.44. The number of carbonyl (C=O) groups excluding carboxylic acids is 5. The molecule has 1 unspecified atom stereocenters. The summed E-state index contributed by atoms with van der Waals surface area (Å²) in [5.74, 6) is -4.70. The number of nitrogens with zero attached hydrogens (tertiary/aromatic N) is 1. The number of esters is 1. The summed E-state index contributed by atoms with van der Waals surface area (Å²) in [7, 11) is 0. The molecular formula is C29H35N3O13. The van der Waals surface area contributed by atoms with E-state index < -0.39 is 78.2 Å². The SMILES string of the molecule is CC(C)(C)C(=O)OC/C=C/c1ccc(OC2O[C@H](C(=O)O)[C@@H](O)[C@H](O)[C@H]2O)c(NC(=O)CCNC(=O)CN2C(=O)C=CC2=O)c1. The Balaban J connectivity index is 1.71. The fourth-order valence-electron chi connectivity index (χ4n) is 3.97.